The van der Waals surface area contributed by atoms with Gasteiger partial charge in [0.05, 0.1) is 6.61 Å². The number of allylic oxidation sites excluding steroid dienone is 4. The summed E-state index contributed by atoms with van der Waals surface area (Å²) in [5.41, 5.74) is 1.88. The van der Waals surface area contributed by atoms with Crippen molar-refractivity contribution in [3.63, 3.8) is 0 Å². The third kappa shape index (κ3) is 17.4. The number of esters is 1. The molecule has 0 saturated heterocycles. The van der Waals surface area contributed by atoms with Gasteiger partial charge in [0.1, 0.15) is 0 Å². The molecule has 0 amide bonds. The minimum atomic E-state index is -0.0746. The van der Waals surface area contributed by atoms with Crippen molar-refractivity contribution in [2.24, 2.45) is 0 Å². The van der Waals surface area contributed by atoms with Crippen molar-refractivity contribution in [1.29, 1.82) is 0 Å². The van der Waals surface area contributed by atoms with Crippen LogP contribution in [0.4, 0.5) is 0 Å². The van der Waals surface area contributed by atoms with Gasteiger partial charge in [-0.1, -0.05) is 75.2 Å². The number of carbonyl (C=O) groups is 1. The van der Waals surface area contributed by atoms with E-state index in [1.165, 1.54) is 44.9 Å². The Labute approximate surface area is 157 Å². The number of hydrogen-bond acceptors (Lipinski definition) is 2. The van der Waals surface area contributed by atoms with Crippen molar-refractivity contribution < 1.29 is 9.53 Å². The van der Waals surface area contributed by atoms with E-state index in [-0.39, 0.29) is 5.97 Å². The molecule has 0 aromatic heterocycles. The van der Waals surface area contributed by atoms with Gasteiger partial charge in [0, 0.05) is 6.42 Å². The second-order valence-electron chi connectivity index (χ2n) is 6.77. The Kier molecular flexibility index (Phi) is 16.7. The maximum absolute atomic E-state index is 11.6. The van der Waals surface area contributed by atoms with Gasteiger partial charge in [-0.15, -0.1) is 6.58 Å². The summed E-state index contributed by atoms with van der Waals surface area (Å²) in [5, 5.41) is 0. The van der Waals surface area contributed by atoms with Gasteiger partial charge in [-0.25, -0.2) is 0 Å². The smallest absolute Gasteiger partial charge is 0.305 e. The molecule has 0 spiro atoms. The first-order valence-electron chi connectivity index (χ1n) is 10.1. The van der Waals surface area contributed by atoms with Crippen molar-refractivity contribution in [2.75, 3.05) is 6.61 Å². The third-order valence-electron chi connectivity index (χ3n) is 4.22. The van der Waals surface area contributed by atoms with Crippen molar-refractivity contribution in [1.82, 2.24) is 0 Å². The summed E-state index contributed by atoms with van der Waals surface area (Å²) in [6, 6.07) is 0. The number of ether oxygens (including phenoxy) is 1. The van der Waals surface area contributed by atoms with Crippen LogP contribution in [0.1, 0.15) is 84.5 Å². The highest BCUT2D eigenvalue weighted by atomic mass is 16.5. The first-order valence-corrected chi connectivity index (χ1v) is 10.1. The van der Waals surface area contributed by atoms with Crippen LogP contribution in [-0.2, 0) is 9.53 Å². The minimum Gasteiger partial charge on any atom is -0.466 e. The Balaban J connectivity index is 3.28. The molecular weight excluding hydrogens is 307 g/mol. The van der Waals surface area contributed by atoms with E-state index in [4.69, 9.17) is 4.74 Å². The van der Waals surface area contributed by atoms with Crippen LogP contribution in [-0.4, -0.2) is 19.9 Å². The van der Waals surface area contributed by atoms with E-state index < -0.39 is 0 Å². The molecule has 0 fully saturated rings. The van der Waals surface area contributed by atoms with Gasteiger partial charge in [0.15, 0.2) is 7.28 Å². The van der Waals surface area contributed by atoms with Gasteiger partial charge >= 0.3 is 5.97 Å². The van der Waals surface area contributed by atoms with Crippen LogP contribution in [0.15, 0.2) is 36.4 Å². The van der Waals surface area contributed by atoms with E-state index in [1.54, 1.807) is 0 Å². The topological polar surface area (TPSA) is 26.3 Å². The standard InChI is InChI=1S/C22H38BO2/c1-5-6-7-8-9-10-11-12-13-14-15-16-17-22(24)25-19-18-23-21(4)20(2)3/h6-7H,2,4-5,8-19H2,1,3H3/b7-6+. The van der Waals surface area contributed by atoms with Gasteiger partial charge in [-0.2, -0.15) is 0 Å². The Morgan fingerprint density at radius 1 is 0.960 bits per heavy atom. The summed E-state index contributed by atoms with van der Waals surface area (Å²) in [5.74, 6) is -0.0746. The van der Waals surface area contributed by atoms with Gasteiger partial charge in [-0.05, 0) is 38.9 Å². The first-order chi connectivity index (χ1) is 12.1. The number of unbranched alkanes of at least 4 members (excludes halogenated alkanes) is 8. The molecule has 0 bridgehead atoms. The fourth-order valence-electron chi connectivity index (χ4n) is 2.53. The molecule has 0 aliphatic rings. The lowest BCUT2D eigenvalue weighted by atomic mass is 9.65. The molecule has 0 aliphatic heterocycles. The minimum absolute atomic E-state index is 0.0746. The zero-order valence-corrected chi connectivity index (χ0v) is 16.7. The molecule has 3 heteroatoms. The first kappa shape index (κ1) is 23.8. The molecule has 0 unspecified atom stereocenters. The van der Waals surface area contributed by atoms with E-state index >= 15 is 0 Å². The Bertz CT molecular complexity index is 399. The maximum atomic E-state index is 11.6. The molecule has 0 aliphatic carbocycles. The summed E-state index contributed by atoms with van der Waals surface area (Å²) in [7, 11) is 1.97. The molecule has 0 aromatic rings. The fourth-order valence-corrected chi connectivity index (χ4v) is 2.53. The van der Waals surface area contributed by atoms with Crippen molar-refractivity contribution in [3.05, 3.63) is 36.4 Å². The summed E-state index contributed by atoms with van der Waals surface area (Å²) >= 11 is 0. The molecule has 0 heterocycles. The lowest BCUT2D eigenvalue weighted by Gasteiger charge is -2.06. The predicted molar refractivity (Wildman–Crippen MR) is 111 cm³/mol. The average molecular weight is 345 g/mol. The number of hydrogen-bond donors (Lipinski definition) is 0. The molecule has 0 saturated carbocycles. The number of rotatable bonds is 17. The molecule has 25 heavy (non-hydrogen) atoms. The highest BCUT2D eigenvalue weighted by molar-refractivity contribution is 6.46. The summed E-state index contributed by atoms with van der Waals surface area (Å²) in [6.07, 6.45) is 18.1. The zero-order chi connectivity index (χ0) is 18.8. The Hall–Kier alpha value is -1.25. The van der Waals surface area contributed by atoms with Crippen LogP contribution in [0.25, 0.3) is 0 Å². The molecule has 0 N–H and O–H groups in total. The zero-order valence-electron chi connectivity index (χ0n) is 16.7. The lowest BCUT2D eigenvalue weighted by Crippen LogP contribution is -2.08. The van der Waals surface area contributed by atoms with Crippen LogP contribution >= 0.6 is 0 Å². The SMILES string of the molecule is C=C(C)C(=C)[B]CCOC(=O)CCCCCCCCCC/C=C/CC. The van der Waals surface area contributed by atoms with Gasteiger partial charge in [-0.3, -0.25) is 4.79 Å². The van der Waals surface area contributed by atoms with E-state index in [9.17, 15) is 4.79 Å². The van der Waals surface area contributed by atoms with Gasteiger partial charge in [0.2, 0.25) is 0 Å². The van der Waals surface area contributed by atoms with Crippen molar-refractivity contribution in [3.8, 4) is 0 Å². The molecular formula is C22H38BO2. The second kappa shape index (κ2) is 17.6. The van der Waals surface area contributed by atoms with Crippen LogP contribution in [0.3, 0.4) is 0 Å². The van der Waals surface area contributed by atoms with Crippen LogP contribution in [0.2, 0.25) is 6.32 Å². The molecule has 0 atom stereocenters. The van der Waals surface area contributed by atoms with E-state index in [2.05, 4.69) is 32.2 Å². The second-order valence-corrected chi connectivity index (χ2v) is 6.77. The third-order valence-corrected chi connectivity index (χ3v) is 4.22. The quantitative estimate of drug-likeness (QED) is 0.0975. The van der Waals surface area contributed by atoms with Crippen LogP contribution in [0.5, 0.6) is 0 Å². The monoisotopic (exact) mass is 345 g/mol. The Morgan fingerprint density at radius 3 is 2.16 bits per heavy atom. The highest BCUT2D eigenvalue weighted by Crippen LogP contribution is 2.11. The Morgan fingerprint density at radius 2 is 1.56 bits per heavy atom. The predicted octanol–water partition coefficient (Wildman–Crippen LogP) is 6.61. The summed E-state index contributed by atoms with van der Waals surface area (Å²) < 4.78 is 5.23. The molecule has 2 nitrogen and oxygen atoms in total. The molecule has 0 rings (SSSR count). The van der Waals surface area contributed by atoms with Gasteiger partial charge in [0.25, 0.3) is 0 Å². The van der Waals surface area contributed by atoms with Gasteiger partial charge < -0.3 is 4.74 Å². The molecule has 1 radical (unpaired) electrons. The van der Waals surface area contributed by atoms with E-state index in [1.807, 2.05) is 14.2 Å². The summed E-state index contributed by atoms with van der Waals surface area (Å²) in [6.45, 7) is 12.3. The molecule has 141 valence electrons. The lowest BCUT2D eigenvalue weighted by molar-refractivity contribution is -0.143. The van der Waals surface area contributed by atoms with E-state index in [0.29, 0.717) is 19.3 Å². The molecule has 0 aromatic carbocycles. The maximum Gasteiger partial charge on any atom is 0.305 e. The van der Waals surface area contributed by atoms with Crippen LogP contribution in [0, 0.1) is 0 Å². The van der Waals surface area contributed by atoms with Crippen LogP contribution < -0.4 is 0 Å². The average Bonchev–Trinajstić information content (AvgIpc) is 2.59. The largest absolute Gasteiger partial charge is 0.466 e. The fraction of sp³-hybridized carbons (Fsp3) is 0.682. The normalized spacial score (nSPS) is 10.8. The van der Waals surface area contributed by atoms with Crippen molar-refractivity contribution >= 4 is 13.2 Å². The number of carbonyl (C=O) groups excluding carboxylic acids is 1. The van der Waals surface area contributed by atoms with Crippen molar-refractivity contribution in [2.45, 2.75) is 90.8 Å². The highest BCUT2D eigenvalue weighted by Gasteiger charge is 2.04. The van der Waals surface area contributed by atoms with E-state index in [0.717, 1.165) is 30.3 Å². The summed E-state index contributed by atoms with van der Waals surface area (Å²) in [4.78, 5) is 11.6.